The number of carboxylic acid groups (broad SMARTS) is 1. The van der Waals surface area contributed by atoms with E-state index in [0.717, 1.165) is 0 Å². The van der Waals surface area contributed by atoms with Gasteiger partial charge in [0.25, 0.3) is 0 Å². The van der Waals surface area contributed by atoms with E-state index in [1.165, 1.54) is 12.4 Å². The van der Waals surface area contributed by atoms with Crippen LogP contribution in [-0.4, -0.2) is 58.5 Å². The van der Waals surface area contributed by atoms with Crippen LogP contribution in [0.15, 0.2) is 12.4 Å². The second kappa shape index (κ2) is 6.67. The Morgan fingerprint density at radius 2 is 1.84 bits per heavy atom. The van der Waals surface area contributed by atoms with E-state index in [0.29, 0.717) is 18.9 Å². The quantitative estimate of drug-likeness (QED) is 0.806. The number of rotatable bonds is 6. The van der Waals surface area contributed by atoms with E-state index in [-0.39, 0.29) is 18.1 Å². The Kier molecular flexibility index (Phi) is 5.23. The van der Waals surface area contributed by atoms with Crippen LogP contribution in [0.4, 0.5) is 5.82 Å². The Balaban J connectivity index is 2.70. The molecule has 0 atom stereocenters. The summed E-state index contributed by atoms with van der Waals surface area (Å²) in [5.74, 6) is -0.664. The number of hydrogen-bond acceptors (Lipinski definition) is 5. The number of anilines is 1. The number of aromatic carboxylic acids is 1. The van der Waals surface area contributed by atoms with Crippen molar-refractivity contribution in [3.63, 3.8) is 0 Å². The van der Waals surface area contributed by atoms with Gasteiger partial charge in [0.15, 0.2) is 5.69 Å². The SMILES string of the molecule is CCN(CC)C(=O)CN(C)c1cnc(C(=O)O)cn1. The zero-order valence-corrected chi connectivity index (χ0v) is 11.3. The summed E-state index contributed by atoms with van der Waals surface area (Å²) in [5.41, 5.74) is -0.118. The van der Waals surface area contributed by atoms with Crippen LogP contribution in [0.2, 0.25) is 0 Å². The second-order valence-electron chi connectivity index (χ2n) is 3.99. The minimum atomic E-state index is -1.12. The lowest BCUT2D eigenvalue weighted by atomic mass is 10.4. The first-order valence-corrected chi connectivity index (χ1v) is 6.03. The van der Waals surface area contributed by atoms with Gasteiger partial charge in [0.1, 0.15) is 5.82 Å². The summed E-state index contributed by atoms with van der Waals surface area (Å²) in [7, 11) is 1.71. The molecule has 0 aliphatic heterocycles. The molecule has 0 aromatic carbocycles. The van der Waals surface area contributed by atoms with Gasteiger partial charge >= 0.3 is 5.97 Å². The average Bonchev–Trinajstić information content (AvgIpc) is 2.40. The van der Waals surface area contributed by atoms with Gasteiger partial charge in [-0.15, -0.1) is 0 Å². The van der Waals surface area contributed by atoms with Crippen molar-refractivity contribution in [3.8, 4) is 0 Å². The van der Waals surface area contributed by atoms with Gasteiger partial charge in [-0.25, -0.2) is 14.8 Å². The smallest absolute Gasteiger partial charge is 0.356 e. The van der Waals surface area contributed by atoms with E-state index in [4.69, 9.17) is 5.11 Å². The highest BCUT2D eigenvalue weighted by Crippen LogP contribution is 2.07. The van der Waals surface area contributed by atoms with Crippen LogP contribution < -0.4 is 4.90 Å². The second-order valence-corrected chi connectivity index (χ2v) is 3.99. The molecular formula is C12H18N4O3. The monoisotopic (exact) mass is 266 g/mol. The van der Waals surface area contributed by atoms with Crippen LogP contribution in [0.1, 0.15) is 24.3 Å². The molecule has 0 aliphatic carbocycles. The first-order valence-electron chi connectivity index (χ1n) is 6.03. The predicted octanol–water partition coefficient (Wildman–Crippen LogP) is 0.479. The molecule has 1 rings (SSSR count). The van der Waals surface area contributed by atoms with E-state index in [1.807, 2.05) is 13.8 Å². The zero-order chi connectivity index (χ0) is 14.4. The fourth-order valence-electron chi connectivity index (χ4n) is 1.59. The van der Waals surface area contributed by atoms with Crippen LogP contribution in [0.25, 0.3) is 0 Å². The lowest BCUT2D eigenvalue weighted by molar-refractivity contribution is -0.129. The maximum atomic E-state index is 11.9. The van der Waals surface area contributed by atoms with Gasteiger partial charge in [0.05, 0.1) is 18.9 Å². The fraction of sp³-hybridized carbons (Fsp3) is 0.500. The molecule has 7 heteroatoms. The van der Waals surface area contributed by atoms with Gasteiger partial charge < -0.3 is 14.9 Å². The summed E-state index contributed by atoms with van der Waals surface area (Å²) < 4.78 is 0. The van der Waals surface area contributed by atoms with Gasteiger partial charge in [-0.2, -0.15) is 0 Å². The number of amides is 1. The molecule has 1 amide bonds. The minimum Gasteiger partial charge on any atom is -0.476 e. The van der Waals surface area contributed by atoms with Crippen molar-refractivity contribution in [3.05, 3.63) is 18.1 Å². The highest BCUT2D eigenvalue weighted by atomic mass is 16.4. The maximum Gasteiger partial charge on any atom is 0.356 e. The zero-order valence-electron chi connectivity index (χ0n) is 11.3. The standard InChI is InChI=1S/C12H18N4O3/c1-4-16(5-2)11(17)8-15(3)10-7-13-9(6-14-10)12(18)19/h6-7H,4-5,8H2,1-3H3,(H,18,19). The summed E-state index contributed by atoms with van der Waals surface area (Å²) in [6.45, 7) is 5.34. The van der Waals surface area contributed by atoms with Gasteiger partial charge in [-0.3, -0.25) is 4.79 Å². The van der Waals surface area contributed by atoms with Crippen molar-refractivity contribution in [2.45, 2.75) is 13.8 Å². The van der Waals surface area contributed by atoms with Crippen molar-refractivity contribution < 1.29 is 14.7 Å². The first kappa shape index (κ1) is 14.9. The first-order chi connectivity index (χ1) is 8.99. The third-order valence-corrected chi connectivity index (χ3v) is 2.74. The van der Waals surface area contributed by atoms with Crippen LogP contribution >= 0.6 is 0 Å². The predicted molar refractivity (Wildman–Crippen MR) is 70.2 cm³/mol. The number of likely N-dealkylation sites (N-methyl/N-ethyl adjacent to an activating group) is 2. The van der Waals surface area contributed by atoms with Crippen molar-refractivity contribution in [1.29, 1.82) is 0 Å². The molecule has 0 fully saturated rings. The number of nitrogens with zero attached hydrogens (tertiary/aromatic N) is 4. The van der Waals surface area contributed by atoms with Crippen molar-refractivity contribution in [2.24, 2.45) is 0 Å². The Labute approximate surface area is 111 Å². The number of carbonyl (C=O) groups excluding carboxylic acids is 1. The van der Waals surface area contributed by atoms with Crippen molar-refractivity contribution >= 4 is 17.7 Å². The van der Waals surface area contributed by atoms with Crippen LogP contribution in [-0.2, 0) is 4.79 Å². The maximum absolute atomic E-state index is 11.9. The molecule has 0 saturated heterocycles. The molecule has 1 aromatic rings. The van der Waals surface area contributed by atoms with E-state index in [9.17, 15) is 9.59 Å². The molecule has 0 spiro atoms. The van der Waals surface area contributed by atoms with Crippen LogP contribution in [0.5, 0.6) is 0 Å². The van der Waals surface area contributed by atoms with Crippen LogP contribution in [0, 0.1) is 0 Å². The highest BCUT2D eigenvalue weighted by Gasteiger charge is 2.14. The summed E-state index contributed by atoms with van der Waals surface area (Å²) in [5, 5.41) is 8.72. The van der Waals surface area contributed by atoms with E-state index < -0.39 is 5.97 Å². The Morgan fingerprint density at radius 3 is 2.26 bits per heavy atom. The third-order valence-electron chi connectivity index (χ3n) is 2.74. The normalized spacial score (nSPS) is 10.1. The lowest BCUT2D eigenvalue weighted by Crippen LogP contribution is -2.39. The molecule has 0 aliphatic rings. The molecule has 1 heterocycles. The van der Waals surface area contributed by atoms with E-state index in [2.05, 4.69) is 9.97 Å². The number of carboxylic acids is 1. The Morgan fingerprint density at radius 1 is 1.21 bits per heavy atom. The van der Waals surface area contributed by atoms with E-state index >= 15 is 0 Å². The molecule has 0 unspecified atom stereocenters. The lowest BCUT2D eigenvalue weighted by Gasteiger charge is -2.23. The van der Waals surface area contributed by atoms with E-state index in [1.54, 1.807) is 16.8 Å². The molecule has 0 saturated carbocycles. The molecule has 0 radical (unpaired) electrons. The number of carbonyl (C=O) groups is 2. The summed E-state index contributed by atoms with van der Waals surface area (Å²) >= 11 is 0. The fourth-order valence-corrected chi connectivity index (χ4v) is 1.59. The summed E-state index contributed by atoms with van der Waals surface area (Å²) in [6, 6.07) is 0. The van der Waals surface area contributed by atoms with Gasteiger partial charge in [0, 0.05) is 20.1 Å². The van der Waals surface area contributed by atoms with Crippen molar-refractivity contribution in [1.82, 2.24) is 14.9 Å². The largest absolute Gasteiger partial charge is 0.476 e. The van der Waals surface area contributed by atoms with Gasteiger partial charge in [-0.05, 0) is 13.8 Å². The molecule has 104 valence electrons. The molecule has 19 heavy (non-hydrogen) atoms. The number of aromatic nitrogens is 2. The Bertz CT molecular complexity index is 443. The van der Waals surface area contributed by atoms with Crippen molar-refractivity contribution in [2.75, 3.05) is 31.6 Å². The topological polar surface area (TPSA) is 86.6 Å². The highest BCUT2D eigenvalue weighted by molar-refractivity contribution is 5.85. The average molecular weight is 266 g/mol. The molecular weight excluding hydrogens is 248 g/mol. The summed E-state index contributed by atoms with van der Waals surface area (Å²) in [4.78, 5) is 33.7. The summed E-state index contributed by atoms with van der Waals surface area (Å²) in [6.07, 6.45) is 2.52. The third kappa shape index (κ3) is 3.90. The van der Waals surface area contributed by atoms with Crippen LogP contribution in [0.3, 0.4) is 0 Å². The molecule has 0 bridgehead atoms. The molecule has 1 N–H and O–H groups in total. The number of hydrogen-bond donors (Lipinski definition) is 1. The molecule has 1 aromatic heterocycles. The minimum absolute atomic E-state index is 0.00314. The molecule has 7 nitrogen and oxygen atoms in total. The van der Waals surface area contributed by atoms with Gasteiger partial charge in [-0.1, -0.05) is 0 Å². The Hall–Kier alpha value is -2.18. The van der Waals surface area contributed by atoms with Gasteiger partial charge in [0.2, 0.25) is 5.91 Å².